The molecule has 0 fully saturated rings. The SMILES string of the molecule is Cc1ccc(Cl)cc1NC(=O)C(=O)NCC(c1ccco1)n1cccn1. The van der Waals surface area contributed by atoms with E-state index in [1.54, 1.807) is 59.7 Å². The molecule has 26 heavy (non-hydrogen) atoms. The Kier molecular flexibility index (Phi) is 5.38. The lowest BCUT2D eigenvalue weighted by Crippen LogP contribution is -2.39. The highest BCUT2D eigenvalue weighted by Crippen LogP contribution is 2.20. The lowest BCUT2D eigenvalue weighted by molar-refractivity contribution is -0.136. The number of hydrogen-bond acceptors (Lipinski definition) is 4. The van der Waals surface area contributed by atoms with Crippen LogP contribution in [0.1, 0.15) is 17.4 Å². The highest BCUT2D eigenvalue weighted by molar-refractivity contribution is 6.40. The molecule has 7 nitrogen and oxygen atoms in total. The van der Waals surface area contributed by atoms with Gasteiger partial charge in [0.1, 0.15) is 11.8 Å². The number of nitrogens with zero attached hydrogens (tertiary/aromatic N) is 2. The molecule has 3 aromatic rings. The molecule has 1 atom stereocenters. The van der Waals surface area contributed by atoms with Crippen LogP contribution in [0.25, 0.3) is 0 Å². The molecule has 0 spiro atoms. The van der Waals surface area contributed by atoms with Gasteiger partial charge in [-0.25, -0.2) is 0 Å². The largest absolute Gasteiger partial charge is 0.467 e. The van der Waals surface area contributed by atoms with Crippen LogP contribution in [0.5, 0.6) is 0 Å². The fourth-order valence-corrected chi connectivity index (χ4v) is 2.62. The summed E-state index contributed by atoms with van der Waals surface area (Å²) in [5.41, 5.74) is 1.30. The van der Waals surface area contributed by atoms with Crippen LogP contribution in [0.15, 0.2) is 59.5 Å². The van der Waals surface area contributed by atoms with Gasteiger partial charge in [-0.1, -0.05) is 17.7 Å². The van der Waals surface area contributed by atoms with Gasteiger partial charge in [-0.3, -0.25) is 14.3 Å². The van der Waals surface area contributed by atoms with Crippen LogP contribution in [0, 0.1) is 6.92 Å². The van der Waals surface area contributed by atoms with Crippen molar-refractivity contribution < 1.29 is 14.0 Å². The van der Waals surface area contributed by atoms with Crippen molar-refractivity contribution in [1.82, 2.24) is 15.1 Å². The molecule has 0 aliphatic carbocycles. The number of carbonyl (C=O) groups excluding carboxylic acids is 2. The van der Waals surface area contributed by atoms with Crippen LogP contribution in [0.2, 0.25) is 5.02 Å². The maximum Gasteiger partial charge on any atom is 0.313 e. The Morgan fingerprint density at radius 3 is 2.81 bits per heavy atom. The number of hydrogen-bond donors (Lipinski definition) is 2. The van der Waals surface area contributed by atoms with Crippen molar-refractivity contribution in [3.8, 4) is 0 Å². The van der Waals surface area contributed by atoms with Gasteiger partial charge in [0.25, 0.3) is 0 Å². The van der Waals surface area contributed by atoms with E-state index in [9.17, 15) is 9.59 Å². The first kappa shape index (κ1) is 17.8. The number of rotatable bonds is 5. The second-order valence-corrected chi connectivity index (χ2v) is 6.08. The van der Waals surface area contributed by atoms with Crippen molar-refractivity contribution in [2.45, 2.75) is 13.0 Å². The zero-order chi connectivity index (χ0) is 18.5. The van der Waals surface area contributed by atoms with Crippen molar-refractivity contribution in [3.63, 3.8) is 0 Å². The van der Waals surface area contributed by atoms with Crippen LogP contribution in [0.4, 0.5) is 5.69 Å². The minimum atomic E-state index is -0.769. The minimum Gasteiger partial charge on any atom is -0.467 e. The number of amides is 2. The molecule has 1 aromatic carbocycles. The number of halogens is 1. The number of anilines is 1. The fourth-order valence-electron chi connectivity index (χ4n) is 2.45. The predicted molar refractivity (Wildman–Crippen MR) is 96.9 cm³/mol. The Balaban J connectivity index is 1.65. The summed E-state index contributed by atoms with van der Waals surface area (Å²) in [7, 11) is 0. The molecular formula is C18H17ClN4O3. The van der Waals surface area contributed by atoms with Gasteiger partial charge in [0, 0.05) is 29.6 Å². The van der Waals surface area contributed by atoms with E-state index in [2.05, 4.69) is 15.7 Å². The third-order valence-corrected chi connectivity index (χ3v) is 4.06. The molecule has 1 unspecified atom stereocenters. The summed E-state index contributed by atoms with van der Waals surface area (Å²) in [6.45, 7) is 1.96. The van der Waals surface area contributed by atoms with E-state index in [0.29, 0.717) is 16.5 Å². The van der Waals surface area contributed by atoms with Gasteiger partial charge >= 0.3 is 11.8 Å². The first-order valence-corrected chi connectivity index (χ1v) is 8.30. The number of furan rings is 1. The highest BCUT2D eigenvalue weighted by atomic mass is 35.5. The summed E-state index contributed by atoms with van der Waals surface area (Å²) in [4.78, 5) is 24.3. The Labute approximate surface area is 154 Å². The molecule has 2 amide bonds. The lowest BCUT2D eigenvalue weighted by atomic mass is 10.2. The molecule has 0 bridgehead atoms. The molecule has 134 valence electrons. The smallest absolute Gasteiger partial charge is 0.313 e. The van der Waals surface area contributed by atoms with Gasteiger partial charge in [0.2, 0.25) is 0 Å². The number of carbonyl (C=O) groups is 2. The van der Waals surface area contributed by atoms with E-state index < -0.39 is 11.8 Å². The maximum atomic E-state index is 12.2. The van der Waals surface area contributed by atoms with Crippen molar-refractivity contribution in [2.24, 2.45) is 0 Å². The van der Waals surface area contributed by atoms with Crippen LogP contribution in [-0.2, 0) is 9.59 Å². The number of benzene rings is 1. The minimum absolute atomic E-state index is 0.149. The Hall–Kier alpha value is -3.06. The first-order valence-electron chi connectivity index (χ1n) is 7.92. The summed E-state index contributed by atoms with van der Waals surface area (Å²) in [5, 5.41) is 9.82. The average Bonchev–Trinajstić information content (AvgIpc) is 3.32. The summed E-state index contributed by atoms with van der Waals surface area (Å²) in [6.07, 6.45) is 4.93. The second kappa shape index (κ2) is 7.88. The van der Waals surface area contributed by atoms with Crippen LogP contribution < -0.4 is 10.6 Å². The van der Waals surface area contributed by atoms with Crippen molar-refractivity contribution >= 4 is 29.1 Å². The Morgan fingerprint density at radius 2 is 2.12 bits per heavy atom. The van der Waals surface area contributed by atoms with Gasteiger partial charge in [-0.15, -0.1) is 0 Å². The van der Waals surface area contributed by atoms with Gasteiger partial charge in [-0.05, 0) is 42.8 Å². The molecule has 3 rings (SSSR count). The second-order valence-electron chi connectivity index (χ2n) is 5.64. The van der Waals surface area contributed by atoms with E-state index in [0.717, 1.165) is 5.56 Å². The summed E-state index contributed by atoms with van der Waals surface area (Å²) in [6, 6.07) is 10.0. The van der Waals surface area contributed by atoms with Gasteiger partial charge in [-0.2, -0.15) is 5.10 Å². The van der Waals surface area contributed by atoms with Crippen molar-refractivity contribution in [3.05, 3.63) is 71.4 Å². The van der Waals surface area contributed by atoms with Gasteiger partial charge in [0.15, 0.2) is 0 Å². The maximum absolute atomic E-state index is 12.2. The molecule has 8 heteroatoms. The van der Waals surface area contributed by atoms with E-state index in [4.69, 9.17) is 16.0 Å². The normalized spacial score (nSPS) is 11.8. The fraction of sp³-hybridized carbons (Fsp3) is 0.167. The third kappa shape index (κ3) is 4.12. The molecule has 2 aromatic heterocycles. The molecule has 0 saturated carbocycles. The predicted octanol–water partition coefficient (Wildman–Crippen LogP) is 2.78. The third-order valence-electron chi connectivity index (χ3n) is 3.83. The molecule has 2 N–H and O–H groups in total. The highest BCUT2D eigenvalue weighted by Gasteiger charge is 2.21. The number of aromatic nitrogens is 2. The zero-order valence-electron chi connectivity index (χ0n) is 14.0. The molecule has 2 heterocycles. The topological polar surface area (TPSA) is 89.2 Å². The van der Waals surface area contributed by atoms with Gasteiger partial charge in [0.05, 0.1) is 6.26 Å². The first-order chi connectivity index (χ1) is 12.5. The molecule has 0 aliphatic rings. The molecule has 0 saturated heterocycles. The molecule has 0 radical (unpaired) electrons. The molecular weight excluding hydrogens is 356 g/mol. The number of nitrogens with one attached hydrogen (secondary N) is 2. The number of aryl methyl sites for hydroxylation is 1. The van der Waals surface area contributed by atoms with E-state index in [1.165, 1.54) is 0 Å². The lowest BCUT2D eigenvalue weighted by Gasteiger charge is -2.16. The van der Waals surface area contributed by atoms with Gasteiger partial charge < -0.3 is 15.1 Å². The monoisotopic (exact) mass is 372 g/mol. The average molecular weight is 373 g/mol. The summed E-state index contributed by atoms with van der Waals surface area (Å²) < 4.78 is 7.06. The standard InChI is InChI=1S/C18H17ClN4O3/c1-12-5-6-13(19)10-14(12)22-18(25)17(24)20-11-15(16-4-2-9-26-16)23-8-3-7-21-23/h2-10,15H,11H2,1H3,(H,20,24)(H,22,25). The van der Waals surface area contributed by atoms with Crippen LogP contribution >= 0.6 is 11.6 Å². The van der Waals surface area contributed by atoms with E-state index >= 15 is 0 Å². The Bertz CT molecular complexity index is 857. The molecule has 0 aliphatic heterocycles. The van der Waals surface area contributed by atoms with Crippen LogP contribution in [-0.4, -0.2) is 28.1 Å². The van der Waals surface area contributed by atoms with E-state index in [1.807, 2.05) is 6.92 Å². The zero-order valence-corrected chi connectivity index (χ0v) is 14.7. The quantitative estimate of drug-likeness (QED) is 0.674. The van der Waals surface area contributed by atoms with Crippen LogP contribution in [0.3, 0.4) is 0 Å². The van der Waals surface area contributed by atoms with Crippen molar-refractivity contribution in [2.75, 3.05) is 11.9 Å². The Morgan fingerprint density at radius 1 is 1.27 bits per heavy atom. The summed E-state index contributed by atoms with van der Waals surface area (Å²) in [5.74, 6) is -0.901. The van der Waals surface area contributed by atoms with E-state index in [-0.39, 0.29) is 12.6 Å². The van der Waals surface area contributed by atoms with Crippen molar-refractivity contribution in [1.29, 1.82) is 0 Å². The summed E-state index contributed by atoms with van der Waals surface area (Å²) >= 11 is 5.92.